The average Bonchev–Trinajstić information content (AvgIpc) is 2.69. The lowest BCUT2D eigenvalue weighted by Gasteiger charge is -2.11. The molecule has 0 aliphatic heterocycles. The molecule has 0 bridgehead atoms. The molecule has 2 N–H and O–H groups in total. The van der Waals surface area contributed by atoms with Crippen molar-refractivity contribution in [3.05, 3.63) is 71.3 Å². The predicted molar refractivity (Wildman–Crippen MR) is 66.3 cm³/mol. The molecule has 0 amide bonds. The summed E-state index contributed by atoms with van der Waals surface area (Å²) in [4.78, 5) is 0. The van der Waals surface area contributed by atoms with E-state index >= 15 is 0 Å². The molecule has 0 heterocycles. The van der Waals surface area contributed by atoms with Crippen molar-refractivity contribution in [2.75, 3.05) is 0 Å². The van der Waals surface area contributed by atoms with Gasteiger partial charge in [0, 0.05) is 12.0 Å². The van der Waals surface area contributed by atoms with Gasteiger partial charge in [-0.25, -0.2) is 0 Å². The molecule has 0 radical (unpaired) electrons. The van der Waals surface area contributed by atoms with Crippen LogP contribution < -0.4 is 5.73 Å². The highest BCUT2D eigenvalue weighted by molar-refractivity contribution is 5.44. The van der Waals surface area contributed by atoms with Gasteiger partial charge in [0.15, 0.2) is 0 Å². The summed E-state index contributed by atoms with van der Waals surface area (Å²) in [7, 11) is 0. The number of hydrogen-bond donors (Lipinski definition) is 1. The Morgan fingerprint density at radius 1 is 0.812 bits per heavy atom. The SMILES string of the molecule is NC1CC(c2ccccc2)c2ccccc21. The van der Waals surface area contributed by atoms with Gasteiger partial charge in [-0.1, -0.05) is 54.6 Å². The minimum Gasteiger partial charge on any atom is -0.324 e. The first-order valence-corrected chi connectivity index (χ1v) is 5.75. The molecule has 3 rings (SSSR count). The van der Waals surface area contributed by atoms with Gasteiger partial charge in [0.1, 0.15) is 0 Å². The van der Waals surface area contributed by atoms with Crippen LogP contribution in [0.1, 0.15) is 35.1 Å². The smallest absolute Gasteiger partial charge is 0.0306 e. The summed E-state index contributed by atoms with van der Waals surface area (Å²) in [6.07, 6.45) is 1.03. The summed E-state index contributed by atoms with van der Waals surface area (Å²) in [6.45, 7) is 0. The number of nitrogens with two attached hydrogens (primary N) is 1. The van der Waals surface area contributed by atoms with Crippen LogP contribution in [0.3, 0.4) is 0 Å². The molecule has 0 saturated carbocycles. The van der Waals surface area contributed by atoms with E-state index in [0.717, 1.165) is 6.42 Å². The van der Waals surface area contributed by atoms with Gasteiger partial charge in [-0.2, -0.15) is 0 Å². The molecular weight excluding hydrogens is 194 g/mol. The molecule has 2 atom stereocenters. The third-order valence-electron chi connectivity index (χ3n) is 3.46. The first-order valence-electron chi connectivity index (χ1n) is 5.75. The summed E-state index contributed by atoms with van der Waals surface area (Å²) < 4.78 is 0. The zero-order valence-electron chi connectivity index (χ0n) is 9.14. The van der Waals surface area contributed by atoms with E-state index < -0.39 is 0 Å². The van der Waals surface area contributed by atoms with E-state index in [1.807, 2.05) is 0 Å². The van der Waals surface area contributed by atoms with Crippen LogP contribution in [0.5, 0.6) is 0 Å². The Bertz CT molecular complexity index is 490. The van der Waals surface area contributed by atoms with Crippen LogP contribution in [0.25, 0.3) is 0 Å². The van der Waals surface area contributed by atoms with Crippen LogP contribution in [0.4, 0.5) is 0 Å². The topological polar surface area (TPSA) is 26.0 Å². The van der Waals surface area contributed by atoms with E-state index in [1.165, 1.54) is 16.7 Å². The van der Waals surface area contributed by atoms with Crippen molar-refractivity contribution >= 4 is 0 Å². The summed E-state index contributed by atoms with van der Waals surface area (Å²) in [5, 5.41) is 0. The van der Waals surface area contributed by atoms with Crippen LogP contribution >= 0.6 is 0 Å². The summed E-state index contributed by atoms with van der Waals surface area (Å²) in [5.41, 5.74) is 10.3. The molecule has 16 heavy (non-hydrogen) atoms. The summed E-state index contributed by atoms with van der Waals surface area (Å²) in [6, 6.07) is 19.4. The van der Waals surface area contributed by atoms with Crippen molar-refractivity contribution < 1.29 is 0 Å². The fourth-order valence-corrected chi connectivity index (χ4v) is 2.67. The van der Waals surface area contributed by atoms with E-state index in [2.05, 4.69) is 54.6 Å². The standard InChI is InChI=1S/C15H15N/c16-15-10-14(11-6-2-1-3-7-11)12-8-4-5-9-13(12)15/h1-9,14-15H,10,16H2. The quantitative estimate of drug-likeness (QED) is 0.766. The van der Waals surface area contributed by atoms with E-state index in [9.17, 15) is 0 Å². The van der Waals surface area contributed by atoms with Gasteiger partial charge < -0.3 is 5.73 Å². The molecule has 0 spiro atoms. The van der Waals surface area contributed by atoms with Crippen LogP contribution in [-0.4, -0.2) is 0 Å². The Balaban J connectivity index is 2.07. The minimum absolute atomic E-state index is 0.196. The maximum atomic E-state index is 6.17. The van der Waals surface area contributed by atoms with Crippen LogP contribution in [-0.2, 0) is 0 Å². The maximum absolute atomic E-state index is 6.17. The van der Waals surface area contributed by atoms with Crippen molar-refractivity contribution in [2.24, 2.45) is 5.73 Å². The predicted octanol–water partition coefficient (Wildman–Crippen LogP) is 3.22. The van der Waals surface area contributed by atoms with E-state index in [0.29, 0.717) is 5.92 Å². The molecule has 0 fully saturated rings. The zero-order valence-corrected chi connectivity index (χ0v) is 9.14. The Morgan fingerprint density at radius 2 is 1.44 bits per heavy atom. The van der Waals surface area contributed by atoms with Crippen molar-refractivity contribution in [1.82, 2.24) is 0 Å². The first kappa shape index (κ1) is 9.61. The molecule has 1 aliphatic carbocycles. The lowest BCUT2D eigenvalue weighted by atomic mass is 9.93. The molecule has 2 aromatic carbocycles. The van der Waals surface area contributed by atoms with Crippen LogP contribution in [0, 0.1) is 0 Å². The third-order valence-corrected chi connectivity index (χ3v) is 3.46. The van der Waals surface area contributed by atoms with Crippen molar-refractivity contribution in [3.8, 4) is 0 Å². The lowest BCUT2D eigenvalue weighted by Crippen LogP contribution is -2.05. The molecule has 2 aromatic rings. The van der Waals surface area contributed by atoms with E-state index in [1.54, 1.807) is 0 Å². The average molecular weight is 209 g/mol. The van der Waals surface area contributed by atoms with Gasteiger partial charge in [0.25, 0.3) is 0 Å². The summed E-state index contributed by atoms with van der Waals surface area (Å²) >= 11 is 0. The molecule has 1 aliphatic rings. The summed E-state index contributed by atoms with van der Waals surface area (Å²) in [5.74, 6) is 0.479. The normalized spacial score (nSPS) is 23.1. The van der Waals surface area contributed by atoms with Crippen LogP contribution in [0.2, 0.25) is 0 Å². The lowest BCUT2D eigenvalue weighted by molar-refractivity contribution is 0.662. The highest BCUT2D eigenvalue weighted by Gasteiger charge is 2.28. The number of benzene rings is 2. The van der Waals surface area contributed by atoms with Gasteiger partial charge in [-0.05, 0) is 23.1 Å². The van der Waals surface area contributed by atoms with Crippen molar-refractivity contribution in [3.63, 3.8) is 0 Å². The van der Waals surface area contributed by atoms with Gasteiger partial charge in [-0.15, -0.1) is 0 Å². The second-order valence-corrected chi connectivity index (χ2v) is 4.43. The molecule has 0 aromatic heterocycles. The number of hydrogen-bond acceptors (Lipinski definition) is 1. The Labute approximate surface area is 95.9 Å². The number of rotatable bonds is 1. The molecule has 1 nitrogen and oxygen atoms in total. The van der Waals surface area contributed by atoms with Gasteiger partial charge in [0.2, 0.25) is 0 Å². The van der Waals surface area contributed by atoms with E-state index in [4.69, 9.17) is 5.73 Å². The fourth-order valence-electron chi connectivity index (χ4n) is 2.67. The highest BCUT2D eigenvalue weighted by atomic mass is 14.7. The van der Waals surface area contributed by atoms with Crippen LogP contribution in [0.15, 0.2) is 54.6 Å². The monoisotopic (exact) mass is 209 g/mol. The minimum atomic E-state index is 0.196. The third kappa shape index (κ3) is 1.44. The van der Waals surface area contributed by atoms with Gasteiger partial charge in [0.05, 0.1) is 0 Å². The Morgan fingerprint density at radius 3 is 2.19 bits per heavy atom. The fraction of sp³-hybridized carbons (Fsp3) is 0.200. The maximum Gasteiger partial charge on any atom is 0.0306 e. The van der Waals surface area contributed by atoms with E-state index in [-0.39, 0.29) is 6.04 Å². The Hall–Kier alpha value is -1.60. The highest BCUT2D eigenvalue weighted by Crippen LogP contribution is 2.42. The molecule has 80 valence electrons. The largest absolute Gasteiger partial charge is 0.324 e. The molecule has 2 unspecified atom stereocenters. The van der Waals surface area contributed by atoms with Crippen molar-refractivity contribution in [1.29, 1.82) is 0 Å². The molecule has 0 saturated heterocycles. The molecule has 1 heteroatoms. The van der Waals surface area contributed by atoms with Gasteiger partial charge >= 0.3 is 0 Å². The second-order valence-electron chi connectivity index (χ2n) is 4.43. The Kier molecular flexibility index (Phi) is 2.26. The van der Waals surface area contributed by atoms with Crippen molar-refractivity contribution in [2.45, 2.75) is 18.4 Å². The molecular formula is C15H15N. The number of fused-ring (bicyclic) bond motifs is 1. The van der Waals surface area contributed by atoms with Gasteiger partial charge in [-0.3, -0.25) is 0 Å². The second kappa shape index (κ2) is 3.76. The first-order chi connectivity index (χ1) is 7.86. The zero-order chi connectivity index (χ0) is 11.0.